The Morgan fingerprint density at radius 2 is 1.85 bits per heavy atom. The molecular weight excluding hydrogens is 160 g/mol. The van der Waals surface area contributed by atoms with Crippen LogP contribution in [-0.2, 0) is 4.79 Å². The lowest BCUT2D eigenvalue weighted by Crippen LogP contribution is -2.11. The molecule has 2 rings (SSSR count). The van der Waals surface area contributed by atoms with Crippen molar-refractivity contribution < 1.29 is 4.79 Å². The molecule has 0 atom stereocenters. The molecule has 1 nitrogen and oxygen atoms in total. The first kappa shape index (κ1) is 8.74. The van der Waals surface area contributed by atoms with Crippen LogP contribution >= 0.6 is 0 Å². The van der Waals surface area contributed by atoms with Crippen LogP contribution < -0.4 is 0 Å². The van der Waals surface area contributed by atoms with Crippen molar-refractivity contribution in [3.05, 3.63) is 23.3 Å². The lowest BCUT2D eigenvalue weighted by Gasteiger charge is -2.18. The van der Waals surface area contributed by atoms with Crippen LogP contribution in [0.1, 0.15) is 44.9 Å². The van der Waals surface area contributed by atoms with Crippen LogP contribution in [0.2, 0.25) is 0 Å². The number of rotatable bonds is 0. The quantitative estimate of drug-likeness (QED) is 0.518. The number of Topliss-reactive ketones (excluding diaryl/α,β-unsaturated/α-hetero) is 1. The molecule has 0 saturated heterocycles. The Hall–Kier alpha value is -0.850. The Bertz CT molecular complexity index is 271. The first-order valence-electron chi connectivity index (χ1n) is 5.30. The highest BCUT2D eigenvalue weighted by atomic mass is 16.1. The number of ketones is 1. The number of carbonyl (C=O) groups excluding carboxylic acids is 1. The molecule has 0 aliphatic heterocycles. The van der Waals surface area contributed by atoms with Gasteiger partial charge in [-0.05, 0) is 49.7 Å². The standard InChI is InChI=1S/C12H16O/c13-12-9-5-4-8-11(12)10-6-2-1-3-7-10/h2,6H,1,3-5,7-9H2. The van der Waals surface area contributed by atoms with Gasteiger partial charge < -0.3 is 0 Å². The Kier molecular flexibility index (Phi) is 2.62. The summed E-state index contributed by atoms with van der Waals surface area (Å²) in [5.74, 6) is 0.410. The summed E-state index contributed by atoms with van der Waals surface area (Å²) in [5.41, 5.74) is 2.47. The second-order valence-corrected chi connectivity index (χ2v) is 3.93. The minimum Gasteiger partial charge on any atom is -0.295 e. The van der Waals surface area contributed by atoms with Crippen LogP contribution in [0.25, 0.3) is 0 Å². The molecule has 70 valence electrons. The molecule has 13 heavy (non-hydrogen) atoms. The summed E-state index contributed by atoms with van der Waals surface area (Å²) >= 11 is 0. The number of hydrogen-bond acceptors (Lipinski definition) is 1. The van der Waals surface area contributed by atoms with Crippen LogP contribution in [0.15, 0.2) is 23.3 Å². The maximum absolute atomic E-state index is 11.6. The Morgan fingerprint density at radius 3 is 2.54 bits per heavy atom. The van der Waals surface area contributed by atoms with Gasteiger partial charge in [-0.1, -0.05) is 12.2 Å². The highest BCUT2D eigenvalue weighted by molar-refractivity contribution is 5.97. The van der Waals surface area contributed by atoms with Crippen molar-refractivity contribution in [1.29, 1.82) is 0 Å². The third-order valence-corrected chi connectivity index (χ3v) is 2.94. The summed E-state index contributed by atoms with van der Waals surface area (Å²) in [4.78, 5) is 11.6. The number of carbonyl (C=O) groups is 1. The molecule has 0 aromatic carbocycles. The fraction of sp³-hybridized carbons (Fsp3) is 0.583. The summed E-state index contributed by atoms with van der Waals surface area (Å²) in [6.07, 6.45) is 12.0. The maximum atomic E-state index is 11.6. The molecule has 0 unspecified atom stereocenters. The van der Waals surface area contributed by atoms with Crippen molar-refractivity contribution in [2.24, 2.45) is 0 Å². The van der Waals surface area contributed by atoms with Gasteiger partial charge in [0.25, 0.3) is 0 Å². The maximum Gasteiger partial charge on any atom is 0.159 e. The van der Waals surface area contributed by atoms with Crippen molar-refractivity contribution >= 4 is 5.78 Å². The molecule has 1 saturated carbocycles. The number of allylic oxidation sites excluding steroid dienone is 4. The Balaban J connectivity index is 2.23. The van der Waals surface area contributed by atoms with Crippen LogP contribution in [-0.4, -0.2) is 5.78 Å². The van der Waals surface area contributed by atoms with Crippen molar-refractivity contribution in [2.75, 3.05) is 0 Å². The van der Waals surface area contributed by atoms with Crippen molar-refractivity contribution in [1.82, 2.24) is 0 Å². The largest absolute Gasteiger partial charge is 0.295 e. The van der Waals surface area contributed by atoms with Gasteiger partial charge in [0.1, 0.15) is 0 Å². The topological polar surface area (TPSA) is 17.1 Å². The van der Waals surface area contributed by atoms with E-state index in [1.807, 2.05) is 0 Å². The zero-order chi connectivity index (χ0) is 9.10. The van der Waals surface area contributed by atoms with Crippen LogP contribution in [0.4, 0.5) is 0 Å². The smallest absolute Gasteiger partial charge is 0.159 e. The summed E-state index contributed by atoms with van der Waals surface area (Å²) in [5, 5.41) is 0. The van der Waals surface area contributed by atoms with Gasteiger partial charge in [-0.25, -0.2) is 0 Å². The lowest BCUT2D eigenvalue weighted by molar-refractivity contribution is -0.116. The van der Waals surface area contributed by atoms with Gasteiger partial charge in [0.2, 0.25) is 0 Å². The van der Waals surface area contributed by atoms with Crippen LogP contribution in [0.5, 0.6) is 0 Å². The van der Waals surface area contributed by atoms with E-state index >= 15 is 0 Å². The van der Waals surface area contributed by atoms with E-state index in [1.54, 1.807) is 0 Å². The van der Waals surface area contributed by atoms with E-state index in [1.165, 1.54) is 24.8 Å². The Morgan fingerprint density at radius 1 is 1.00 bits per heavy atom. The highest BCUT2D eigenvalue weighted by Gasteiger charge is 2.18. The van der Waals surface area contributed by atoms with Crippen LogP contribution in [0, 0.1) is 0 Å². The molecule has 0 heterocycles. The molecule has 2 aliphatic carbocycles. The van der Waals surface area contributed by atoms with Gasteiger partial charge >= 0.3 is 0 Å². The van der Waals surface area contributed by atoms with Gasteiger partial charge in [0.15, 0.2) is 5.78 Å². The van der Waals surface area contributed by atoms with Gasteiger partial charge in [0, 0.05) is 6.42 Å². The zero-order valence-corrected chi connectivity index (χ0v) is 8.01. The predicted octanol–water partition coefficient (Wildman–Crippen LogP) is 3.17. The van der Waals surface area contributed by atoms with Crippen molar-refractivity contribution in [2.45, 2.75) is 44.9 Å². The second kappa shape index (κ2) is 3.91. The van der Waals surface area contributed by atoms with Gasteiger partial charge in [0.05, 0.1) is 0 Å². The van der Waals surface area contributed by atoms with E-state index in [2.05, 4.69) is 12.2 Å². The normalized spacial score (nSPS) is 29.4. The van der Waals surface area contributed by atoms with Gasteiger partial charge in [-0.2, -0.15) is 0 Å². The molecule has 0 aromatic rings. The first-order chi connectivity index (χ1) is 6.38. The summed E-state index contributed by atoms with van der Waals surface area (Å²) in [6.45, 7) is 0. The monoisotopic (exact) mass is 176 g/mol. The third-order valence-electron chi connectivity index (χ3n) is 2.94. The molecule has 0 aromatic heterocycles. The summed E-state index contributed by atoms with van der Waals surface area (Å²) < 4.78 is 0. The van der Waals surface area contributed by atoms with E-state index in [-0.39, 0.29) is 0 Å². The Labute approximate surface area is 79.5 Å². The van der Waals surface area contributed by atoms with Crippen molar-refractivity contribution in [3.8, 4) is 0 Å². The molecule has 1 fully saturated rings. The average molecular weight is 176 g/mol. The molecular formula is C12H16O. The van der Waals surface area contributed by atoms with Crippen LogP contribution in [0.3, 0.4) is 0 Å². The second-order valence-electron chi connectivity index (χ2n) is 3.93. The molecule has 0 spiro atoms. The van der Waals surface area contributed by atoms with E-state index < -0.39 is 0 Å². The minimum absolute atomic E-state index is 0.410. The number of hydrogen-bond donors (Lipinski definition) is 0. The molecule has 0 radical (unpaired) electrons. The highest BCUT2D eigenvalue weighted by Crippen LogP contribution is 2.28. The van der Waals surface area contributed by atoms with E-state index in [0.29, 0.717) is 5.78 Å². The first-order valence-corrected chi connectivity index (χ1v) is 5.30. The predicted molar refractivity (Wildman–Crippen MR) is 53.5 cm³/mol. The average Bonchev–Trinajstić information content (AvgIpc) is 2.20. The van der Waals surface area contributed by atoms with E-state index in [9.17, 15) is 4.79 Å². The fourth-order valence-corrected chi connectivity index (χ4v) is 2.19. The molecule has 2 aliphatic rings. The molecule has 0 bridgehead atoms. The molecule has 1 heteroatoms. The lowest BCUT2D eigenvalue weighted by atomic mass is 9.86. The van der Waals surface area contributed by atoms with Gasteiger partial charge in [-0.15, -0.1) is 0 Å². The molecule has 0 N–H and O–H groups in total. The zero-order valence-electron chi connectivity index (χ0n) is 8.01. The molecule has 0 amide bonds. The SMILES string of the molecule is O=C1CCCCC1=C1C=CCCC1. The minimum atomic E-state index is 0.410. The van der Waals surface area contributed by atoms with E-state index in [0.717, 1.165) is 31.3 Å². The third kappa shape index (κ3) is 1.90. The van der Waals surface area contributed by atoms with Crippen molar-refractivity contribution in [3.63, 3.8) is 0 Å². The van der Waals surface area contributed by atoms with E-state index in [4.69, 9.17) is 0 Å². The fourth-order valence-electron chi connectivity index (χ4n) is 2.19. The van der Waals surface area contributed by atoms with Gasteiger partial charge in [-0.3, -0.25) is 4.79 Å². The summed E-state index contributed by atoms with van der Waals surface area (Å²) in [7, 11) is 0. The summed E-state index contributed by atoms with van der Waals surface area (Å²) in [6, 6.07) is 0.